The molecule has 5 nitrogen and oxygen atoms in total. The van der Waals surface area contributed by atoms with Crippen LogP contribution in [0.3, 0.4) is 0 Å². The molecule has 3 rings (SSSR count). The second-order valence-corrected chi connectivity index (χ2v) is 6.28. The van der Waals surface area contributed by atoms with Crippen LogP contribution in [0.1, 0.15) is 36.7 Å². The van der Waals surface area contributed by atoms with Crippen LogP contribution in [0.15, 0.2) is 36.4 Å². The molecule has 5 heteroatoms. The van der Waals surface area contributed by atoms with E-state index in [4.69, 9.17) is 0 Å². The summed E-state index contributed by atoms with van der Waals surface area (Å²) in [4.78, 5) is 12.6. The Labute approximate surface area is 128 Å². The fraction of sp³-hybridized carbons (Fsp3) is 0.235. The molecule has 1 aromatic heterocycles. The zero-order chi connectivity index (χ0) is 15.9. The molecule has 0 radical (unpaired) electrons. The van der Waals surface area contributed by atoms with Crippen LogP contribution in [-0.4, -0.2) is 26.4 Å². The second-order valence-electron chi connectivity index (χ2n) is 6.28. The molecule has 0 saturated heterocycles. The van der Waals surface area contributed by atoms with Crippen molar-refractivity contribution >= 4 is 17.3 Å². The highest BCUT2D eigenvalue weighted by molar-refractivity contribution is 5.82. The first-order chi connectivity index (χ1) is 10.4. The summed E-state index contributed by atoms with van der Waals surface area (Å²) in [5.74, 6) is -0.108. The number of rotatable bonds is 2. The Morgan fingerprint density at radius 2 is 1.68 bits per heavy atom. The lowest BCUT2D eigenvalue weighted by atomic mass is 9.85. The predicted octanol–water partition coefficient (Wildman–Crippen LogP) is 3.24. The normalized spacial score (nSPS) is 11.8. The molecule has 2 aromatic carbocycles. The SMILES string of the molecule is CC(C)(C)c1cc(C=O)c(O)c(-n2nc3ccccc3n2)c1. The van der Waals surface area contributed by atoms with Gasteiger partial charge < -0.3 is 5.11 Å². The van der Waals surface area contributed by atoms with Gasteiger partial charge in [-0.05, 0) is 35.2 Å². The summed E-state index contributed by atoms with van der Waals surface area (Å²) >= 11 is 0. The van der Waals surface area contributed by atoms with Gasteiger partial charge in [0.2, 0.25) is 0 Å². The monoisotopic (exact) mass is 295 g/mol. The van der Waals surface area contributed by atoms with E-state index in [0.717, 1.165) is 16.6 Å². The first-order valence-electron chi connectivity index (χ1n) is 7.05. The molecule has 0 fully saturated rings. The second kappa shape index (κ2) is 4.94. The van der Waals surface area contributed by atoms with Crippen LogP contribution in [0.4, 0.5) is 0 Å². The number of phenolic OH excluding ortho intramolecular Hbond substituents is 1. The Morgan fingerprint density at radius 3 is 2.18 bits per heavy atom. The zero-order valence-electron chi connectivity index (χ0n) is 12.7. The van der Waals surface area contributed by atoms with Gasteiger partial charge in [-0.2, -0.15) is 0 Å². The third kappa shape index (κ3) is 2.35. The van der Waals surface area contributed by atoms with E-state index < -0.39 is 0 Å². The lowest BCUT2D eigenvalue weighted by Gasteiger charge is -2.21. The van der Waals surface area contributed by atoms with Gasteiger partial charge in [-0.1, -0.05) is 32.9 Å². The number of hydrogen-bond donors (Lipinski definition) is 1. The van der Waals surface area contributed by atoms with Gasteiger partial charge in [0.25, 0.3) is 0 Å². The van der Waals surface area contributed by atoms with E-state index in [9.17, 15) is 9.90 Å². The fourth-order valence-corrected chi connectivity index (χ4v) is 2.28. The molecule has 0 aliphatic heterocycles. The Hall–Kier alpha value is -2.69. The predicted molar refractivity (Wildman–Crippen MR) is 84.6 cm³/mol. The van der Waals surface area contributed by atoms with Crippen LogP contribution in [0.5, 0.6) is 5.75 Å². The van der Waals surface area contributed by atoms with E-state index in [1.165, 1.54) is 4.80 Å². The summed E-state index contributed by atoms with van der Waals surface area (Å²) < 4.78 is 0. The molecule has 0 unspecified atom stereocenters. The molecule has 0 saturated carbocycles. The molecular formula is C17H17N3O2. The van der Waals surface area contributed by atoms with Gasteiger partial charge in [-0.15, -0.1) is 15.0 Å². The Bertz CT molecular complexity index is 827. The fourth-order valence-electron chi connectivity index (χ4n) is 2.28. The summed E-state index contributed by atoms with van der Waals surface area (Å²) in [6, 6.07) is 11.0. The van der Waals surface area contributed by atoms with Gasteiger partial charge >= 0.3 is 0 Å². The lowest BCUT2D eigenvalue weighted by molar-refractivity contribution is 0.112. The third-order valence-corrected chi connectivity index (χ3v) is 3.61. The minimum Gasteiger partial charge on any atom is -0.505 e. The molecule has 0 aliphatic rings. The molecule has 0 bridgehead atoms. The van der Waals surface area contributed by atoms with Crippen LogP contribution in [0.2, 0.25) is 0 Å². The first kappa shape index (κ1) is 14.3. The Kier molecular flexibility index (Phi) is 3.20. The molecule has 3 aromatic rings. The minimum atomic E-state index is -0.160. The first-order valence-corrected chi connectivity index (χ1v) is 7.05. The van der Waals surface area contributed by atoms with Gasteiger partial charge in [-0.25, -0.2) is 0 Å². The van der Waals surface area contributed by atoms with E-state index in [-0.39, 0.29) is 16.7 Å². The van der Waals surface area contributed by atoms with Crippen LogP contribution in [-0.2, 0) is 5.41 Å². The van der Waals surface area contributed by atoms with Crippen LogP contribution < -0.4 is 0 Å². The van der Waals surface area contributed by atoms with Crippen LogP contribution >= 0.6 is 0 Å². The number of benzene rings is 2. The number of fused-ring (bicyclic) bond motifs is 1. The van der Waals surface area contributed by atoms with Crippen molar-refractivity contribution in [2.75, 3.05) is 0 Å². The topological polar surface area (TPSA) is 68.0 Å². The maximum atomic E-state index is 11.3. The molecule has 0 spiro atoms. The van der Waals surface area contributed by atoms with E-state index in [0.29, 0.717) is 12.0 Å². The molecule has 1 N–H and O–H groups in total. The van der Waals surface area contributed by atoms with Gasteiger partial charge in [-0.3, -0.25) is 4.79 Å². The molecule has 112 valence electrons. The van der Waals surface area contributed by atoms with E-state index >= 15 is 0 Å². The van der Waals surface area contributed by atoms with E-state index in [2.05, 4.69) is 10.2 Å². The highest BCUT2D eigenvalue weighted by Gasteiger charge is 2.20. The smallest absolute Gasteiger partial charge is 0.153 e. The van der Waals surface area contributed by atoms with Crippen LogP contribution in [0.25, 0.3) is 16.7 Å². The Balaban J connectivity index is 2.26. The van der Waals surface area contributed by atoms with E-state index in [1.54, 1.807) is 6.07 Å². The summed E-state index contributed by atoms with van der Waals surface area (Å²) in [5, 5.41) is 19.1. The number of carbonyl (C=O) groups is 1. The maximum absolute atomic E-state index is 11.3. The van der Waals surface area contributed by atoms with Crippen molar-refractivity contribution in [3.8, 4) is 11.4 Å². The molecule has 1 heterocycles. The average Bonchev–Trinajstić information content (AvgIpc) is 2.89. The quantitative estimate of drug-likeness (QED) is 0.737. The summed E-state index contributed by atoms with van der Waals surface area (Å²) in [5.41, 5.74) is 2.89. The van der Waals surface area contributed by atoms with Crippen molar-refractivity contribution < 1.29 is 9.90 Å². The molecular weight excluding hydrogens is 278 g/mol. The van der Waals surface area contributed by atoms with Crippen LogP contribution in [0, 0.1) is 0 Å². The summed E-state index contributed by atoms with van der Waals surface area (Å²) in [6.45, 7) is 6.14. The number of phenols is 1. The maximum Gasteiger partial charge on any atom is 0.153 e. The average molecular weight is 295 g/mol. The largest absolute Gasteiger partial charge is 0.505 e. The number of aromatic nitrogens is 3. The van der Waals surface area contributed by atoms with Crippen molar-refractivity contribution in [2.24, 2.45) is 0 Å². The third-order valence-electron chi connectivity index (χ3n) is 3.61. The number of aromatic hydroxyl groups is 1. The van der Waals surface area contributed by atoms with Crippen molar-refractivity contribution in [3.05, 3.63) is 47.5 Å². The summed E-state index contributed by atoms with van der Waals surface area (Å²) in [7, 11) is 0. The van der Waals surface area contributed by atoms with Crippen molar-refractivity contribution in [2.45, 2.75) is 26.2 Å². The minimum absolute atomic E-state index is 0.108. The highest BCUT2D eigenvalue weighted by atomic mass is 16.3. The Morgan fingerprint density at radius 1 is 1.09 bits per heavy atom. The number of aldehydes is 1. The lowest BCUT2D eigenvalue weighted by Crippen LogP contribution is -2.13. The van der Waals surface area contributed by atoms with Gasteiger partial charge in [0.15, 0.2) is 12.0 Å². The highest BCUT2D eigenvalue weighted by Crippen LogP contribution is 2.32. The van der Waals surface area contributed by atoms with E-state index in [1.807, 2.05) is 51.1 Å². The number of carbonyl (C=O) groups excluding carboxylic acids is 1. The zero-order valence-corrected chi connectivity index (χ0v) is 12.7. The van der Waals surface area contributed by atoms with Gasteiger partial charge in [0.05, 0.1) is 5.56 Å². The van der Waals surface area contributed by atoms with Crippen molar-refractivity contribution in [3.63, 3.8) is 0 Å². The van der Waals surface area contributed by atoms with Gasteiger partial charge in [0.1, 0.15) is 16.7 Å². The molecule has 0 aliphatic carbocycles. The molecule has 22 heavy (non-hydrogen) atoms. The number of hydrogen-bond acceptors (Lipinski definition) is 4. The van der Waals surface area contributed by atoms with Crippen molar-refractivity contribution in [1.29, 1.82) is 0 Å². The van der Waals surface area contributed by atoms with Crippen molar-refractivity contribution in [1.82, 2.24) is 15.0 Å². The molecule has 0 atom stereocenters. The standard InChI is InChI=1S/C17H17N3O2/c1-17(2,3)12-8-11(10-21)16(22)15(9-12)20-18-13-6-4-5-7-14(13)19-20/h4-10,22H,1-3H3. The van der Waals surface area contributed by atoms with Gasteiger partial charge in [0, 0.05) is 0 Å². The number of nitrogens with zero attached hydrogens (tertiary/aromatic N) is 3. The summed E-state index contributed by atoms with van der Waals surface area (Å²) in [6.07, 6.45) is 0.650. The molecule has 0 amide bonds.